The van der Waals surface area contributed by atoms with Gasteiger partial charge >= 0.3 is 12.0 Å². The Kier molecular flexibility index (Phi) is 5.91. The van der Waals surface area contributed by atoms with Gasteiger partial charge in [0.05, 0.1) is 6.42 Å². The van der Waals surface area contributed by atoms with E-state index in [1.54, 1.807) is 0 Å². The minimum absolute atomic E-state index is 0.00652. The Bertz CT molecular complexity index is 296. The topological polar surface area (TPSA) is 72.9 Å². The Morgan fingerprint density at radius 1 is 1.50 bits per heavy atom. The number of aliphatic carboxylic acids is 1. The summed E-state index contributed by atoms with van der Waals surface area (Å²) in [5.74, 6) is -0.365. The van der Waals surface area contributed by atoms with Crippen molar-refractivity contribution in [1.29, 1.82) is 0 Å². The summed E-state index contributed by atoms with van der Waals surface area (Å²) in [4.78, 5) is 26.1. The fraction of sp³-hybridized carbons (Fsp3) is 0.833. The molecule has 1 atom stereocenters. The van der Waals surface area contributed by atoms with E-state index in [0.717, 1.165) is 19.5 Å². The van der Waals surface area contributed by atoms with Crippen molar-refractivity contribution in [3.8, 4) is 0 Å². The molecule has 6 heteroatoms. The smallest absolute Gasteiger partial charge is 0.317 e. The molecule has 1 rings (SSSR count). The van der Waals surface area contributed by atoms with Gasteiger partial charge in [-0.05, 0) is 32.9 Å². The second-order valence-electron chi connectivity index (χ2n) is 4.83. The normalized spacial score (nSPS) is 19.8. The summed E-state index contributed by atoms with van der Waals surface area (Å²) < 4.78 is 0. The van der Waals surface area contributed by atoms with Crippen LogP contribution in [0.4, 0.5) is 4.79 Å². The van der Waals surface area contributed by atoms with Gasteiger partial charge in [0, 0.05) is 26.2 Å². The number of carboxylic acid groups (broad SMARTS) is 1. The van der Waals surface area contributed by atoms with Gasteiger partial charge in [-0.25, -0.2) is 4.79 Å². The average Bonchev–Trinajstić information content (AvgIpc) is 2.73. The van der Waals surface area contributed by atoms with Crippen LogP contribution >= 0.6 is 0 Å². The molecule has 0 saturated carbocycles. The van der Waals surface area contributed by atoms with Crippen molar-refractivity contribution >= 4 is 12.0 Å². The molecule has 0 spiro atoms. The number of hydrogen-bond donors (Lipinski definition) is 2. The Hall–Kier alpha value is -1.30. The highest BCUT2D eigenvalue weighted by molar-refractivity contribution is 5.75. The molecular weight excluding hydrogens is 234 g/mol. The molecule has 1 aliphatic rings. The molecule has 2 amide bonds. The lowest BCUT2D eigenvalue weighted by Crippen LogP contribution is -2.42. The lowest BCUT2D eigenvalue weighted by molar-refractivity contribution is -0.137. The summed E-state index contributed by atoms with van der Waals surface area (Å²) in [5, 5.41) is 11.5. The number of likely N-dealkylation sites (tertiary alicyclic amines) is 1. The minimum Gasteiger partial charge on any atom is -0.481 e. The van der Waals surface area contributed by atoms with E-state index >= 15 is 0 Å². The molecule has 0 bridgehead atoms. The number of carbonyl (C=O) groups is 2. The van der Waals surface area contributed by atoms with Gasteiger partial charge in [0.2, 0.25) is 0 Å². The van der Waals surface area contributed by atoms with E-state index in [4.69, 9.17) is 5.11 Å². The van der Waals surface area contributed by atoms with E-state index in [1.165, 1.54) is 4.90 Å². The number of hydrogen-bond acceptors (Lipinski definition) is 3. The van der Waals surface area contributed by atoms with Crippen LogP contribution in [-0.2, 0) is 4.79 Å². The quantitative estimate of drug-likeness (QED) is 0.724. The van der Waals surface area contributed by atoms with Crippen LogP contribution < -0.4 is 5.32 Å². The zero-order valence-electron chi connectivity index (χ0n) is 11.2. The number of amides is 2. The van der Waals surface area contributed by atoms with Gasteiger partial charge in [-0.15, -0.1) is 0 Å². The lowest BCUT2D eigenvalue weighted by Gasteiger charge is -2.21. The summed E-state index contributed by atoms with van der Waals surface area (Å²) >= 11 is 0. The molecule has 18 heavy (non-hydrogen) atoms. The Balaban J connectivity index is 2.26. The van der Waals surface area contributed by atoms with Crippen molar-refractivity contribution in [3.05, 3.63) is 0 Å². The first-order chi connectivity index (χ1) is 8.52. The molecule has 1 aliphatic heterocycles. The van der Waals surface area contributed by atoms with Crippen molar-refractivity contribution in [2.45, 2.75) is 19.8 Å². The molecule has 1 fully saturated rings. The molecule has 1 saturated heterocycles. The first kappa shape index (κ1) is 14.8. The third kappa shape index (κ3) is 4.91. The van der Waals surface area contributed by atoms with Crippen LogP contribution in [0.2, 0.25) is 0 Å². The zero-order valence-corrected chi connectivity index (χ0v) is 11.2. The van der Waals surface area contributed by atoms with Crippen molar-refractivity contribution in [3.63, 3.8) is 0 Å². The second-order valence-corrected chi connectivity index (χ2v) is 4.83. The molecule has 6 nitrogen and oxygen atoms in total. The summed E-state index contributed by atoms with van der Waals surface area (Å²) in [6.07, 6.45) is 1.10. The molecule has 104 valence electrons. The van der Waals surface area contributed by atoms with Gasteiger partial charge in [-0.3, -0.25) is 4.79 Å². The van der Waals surface area contributed by atoms with Crippen molar-refractivity contribution in [2.24, 2.45) is 5.92 Å². The van der Waals surface area contributed by atoms with E-state index < -0.39 is 5.97 Å². The largest absolute Gasteiger partial charge is 0.481 e. The van der Waals surface area contributed by atoms with E-state index in [1.807, 2.05) is 6.92 Å². The number of carboxylic acids is 1. The maximum absolute atomic E-state index is 11.8. The predicted octanol–water partition coefficient (Wildman–Crippen LogP) is 0.444. The van der Waals surface area contributed by atoms with E-state index in [2.05, 4.69) is 17.3 Å². The van der Waals surface area contributed by atoms with E-state index in [-0.39, 0.29) is 19.0 Å². The third-order valence-electron chi connectivity index (χ3n) is 3.30. The van der Waals surface area contributed by atoms with Crippen LogP contribution in [0.5, 0.6) is 0 Å². The van der Waals surface area contributed by atoms with E-state index in [0.29, 0.717) is 19.0 Å². The van der Waals surface area contributed by atoms with Crippen LogP contribution in [0.3, 0.4) is 0 Å². The molecule has 0 aliphatic carbocycles. The van der Waals surface area contributed by atoms with Gasteiger partial charge < -0.3 is 20.2 Å². The highest BCUT2D eigenvalue weighted by Crippen LogP contribution is 2.12. The monoisotopic (exact) mass is 257 g/mol. The highest BCUT2D eigenvalue weighted by Gasteiger charge is 2.21. The molecule has 0 aromatic heterocycles. The van der Waals surface area contributed by atoms with Crippen molar-refractivity contribution < 1.29 is 14.7 Å². The number of rotatable bonds is 6. The van der Waals surface area contributed by atoms with Crippen LogP contribution in [-0.4, -0.2) is 66.7 Å². The lowest BCUT2D eigenvalue weighted by atomic mass is 10.1. The Morgan fingerprint density at radius 3 is 2.72 bits per heavy atom. The van der Waals surface area contributed by atoms with Crippen LogP contribution in [0.25, 0.3) is 0 Å². The number of nitrogens with zero attached hydrogens (tertiary/aromatic N) is 2. The first-order valence-electron chi connectivity index (χ1n) is 6.46. The number of nitrogens with one attached hydrogen (secondary N) is 1. The van der Waals surface area contributed by atoms with Gasteiger partial charge in [-0.2, -0.15) is 0 Å². The zero-order chi connectivity index (χ0) is 13.5. The van der Waals surface area contributed by atoms with Gasteiger partial charge in [0.15, 0.2) is 0 Å². The minimum atomic E-state index is -0.876. The fourth-order valence-electron chi connectivity index (χ4n) is 2.17. The molecule has 1 heterocycles. The van der Waals surface area contributed by atoms with Crippen LogP contribution in [0, 0.1) is 5.92 Å². The summed E-state index contributed by atoms with van der Waals surface area (Å²) in [5.41, 5.74) is 0. The van der Waals surface area contributed by atoms with Crippen molar-refractivity contribution in [2.75, 3.05) is 39.8 Å². The molecule has 0 radical (unpaired) electrons. The maximum atomic E-state index is 11.8. The second kappa shape index (κ2) is 7.20. The van der Waals surface area contributed by atoms with Gasteiger partial charge in [0.1, 0.15) is 0 Å². The van der Waals surface area contributed by atoms with Gasteiger partial charge in [-0.1, -0.05) is 0 Å². The van der Waals surface area contributed by atoms with E-state index in [9.17, 15) is 9.59 Å². The summed E-state index contributed by atoms with van der Waals surface area (Å²) in [6, 6.07) is -0.159. The molecule has 1 unspecified atom stereocenters. The maximum Gasteiger partial charge on any atom is 0.317 e. The number of carbonyl (C=O) groups excluding carboxylic acids is 1. The molecule has 2 N–H and O–H groups in total. The standard InChI is InChI=1S/C12H23N3O3/c1-3-15(7-5-11(16)17)12(18)13-8-10-4-6-14(2)9-10/h10H,3-9H2,1-2H3,(H,13,18)(H,16,17). The van der Waals surface area contributed by atoms with Crippen LogP contribution in [0.1, 0.15) is 19.8 Å². The Labute approximate surface area is 108 Å². The van der Waals surface area contributed by atoms with Crippen LogP contribution in [0.15, 0.2) is 0 Å². The van der Waals surface area contributed by atoms with Gasteiger partial charge in [0.25, 0.3) is 0 Å². The average molecular weight is 257 g/mol. The predicted molar refractivity (Wildman–Crippen MR) is 68.5 cm³/mol. The number of urea groups is 1. The molecular formula is C12H23N3O3. The molecule has 0 aromatic carbocycles. The summed E-state index contributed by atoms with van der Waals surface area (Å²) in [6.45, 7) is 5.42. The summed E-state index contributed by atoms with van der Waals surface area (Å²) in [7, 11) is 2.08. The SMILES string of the molecule is CCN(CCC(=O)O)C(=O)NCC1CCN(C)C1. The van der Waals surface area contributed by atoms with Crippen molar-refractivity contribution in [1.82, 2.24) is 15.1 Å². The highest BCUT2D eigenvalue weighted by atomic mass is 16.4. The third-order valence-corrected chi connectivity index (χ3v) is 3.30. The first-order valence-corrected chi connectivity index (χ1v) is 6.46. The molecule has 0 aromatic rings. The fourth-order valence-corrected chi connectivity index (χ4v) is 2.17. The Morgan fingerprint density at radius 2 is 2.22 bits per heavy atom.